The molecule has 0 unspecified atom stereocenters. The number of hydrogen-bond donors (Lipinski definition) is 1. The molecule has 7 rings (SSSR count). The normalized spacial score (nSPS) is 14.2. The zero-order valence-electron chi connectivity index (χ0n) is 30.6. The standard InChI is InChI=1S/C41H46ClFN6O3/c1-6-47-39-34-15-16-35(42)37(39)38-25(2)26(3)44-49(38)17-7-9-30-24-31(48(45-30)19-18-46(4)5)13-11-27-21-28-23-29(43)12-14-32(28)36(22-27)52-20-8-10-33(34)40(47)41(50)51/h12,14-16,21-24H,6-11,13,17-20H2,1-5H3,(H,50,51). The number of ether oxygens (including phenoxy) is 1. The number of carbonyl (C=O) groups is 1. The molecule has 0 saturated carbocycles. The Morgan fingerprint density at radius 3 is 2.58 bits per heavy atom. The van der Waals surface area contributed by atoms with Crippen molar-refractivity contribution in [2.24, 2.45) is 0 Å². The van der Waals surface area contributed by atoms with Gasteiger partial charge in [-0.1, -0.05) is 23.7 Å². The lowest BCUT2D eigenvalue weighted by molar-refractivity contribution is 0.0684. The number of aryl methyl sites for hydroxylation is 7. The fraction of sp³-hybridized carbons (Fsp3) is 0.390. The van der Waals surface area contributed by atoms with Crippen molar-refractivity contribution in [2.45, 2.75) is 78.9 Å². The molecule has 0 saturated heterocycles. The maximum Gasteiger partial charge on any atom is 0.352 e. The molecule has 1 N–H and O–H groups in total. The number of fused-ring (bicyclic) bond motifs is 8. The van der Waals surface area contributed by atoms with Crippen LogP contribution in [0, 0.1) is 19.7 Å². The van der Waals surface area contributed by atoms with E-state index in [1.165, 1.54) is 11.8 Å². The second-order valence-electron chi connectivity index (χ2n) is 14.1. The summed E-state index contributed by atoms with van der Waals surface area (Å²) >= 11 is 7.07. The summed E-state index contributed by atoms with van der Waals surface area (Å²) in [7, 11) is 4.13. The highest BCUT2D eigenvalue weighted by atomic mass is 35.5. The van der Waals surface area contributed by atoms with Crippen molar-refractivity contribution in [1.82, 2.24) is 29.0 Å². The lowest BCUT2D eigenvalue weighted by Crippen LogP contribution is -2.20. The first kappa shape index (κ1) is 35.7. The third kappa shape index (κ3) is 6.81. The van der Waals surface area contributed by atoms with Crippen LogP contribution in [-0.2, 0) is 45.3 Å². The molecule has 11 heteroatoms. The van der Waals surface area contributed by atoms with Crippen molar-refractivity contribution >= 4 is 39.2 Å². The van der Waals surface area contributed by atoms with E-state index in [0.717, 1.165) is 99.8 Å². The van der Waals surface area contributed by atoms with Gasteiger partial charge in [0.05, 0.1) is 40.8 Å². The van der Waals surface area contributed by atoms with E-state index in [0.29, 0.717) is 43.3 Å². The summed E-state index contributed by atoms with van der Waals surface area (Å²) in [6.07, 6.45) is 4.17. The predicted molar refractivity (Wildman–Crippen MR) is 205 cm³/mol. The maximum absolute atomic E-state index is 14.5. The van der Waals surface area contributed by atoms with Crippen molar-refractivity contribution < 1.29 is 19.0 Å². The van der Waals surface area contributed by atoms with Gasteiger partial charge in [0, 0.05) is 41.7 Å². The minimum atomic E-state index is -0.975. The Morgan fingerprint density at radius 1 is 1.00 bits per heavy atom. The van der Waals surface area contributed by atoms with Gasteiger partial charge in [0.2, 0.25) is 0 Å². The zero-order chi connectivity index (χ0) is 36.7. The molecule has 52 heavy (non-hydrogen) atoms. The lowest BCUT2D eigenvalue weighted by atomic mass is 10.00. The number of rotatable bonds is 5. The van der Waals surface area contributed by atoms with Crippen LogP contribution in [-0.4, -0.2) is 67.4 Å². The summed E-state index contributed by atoms with van der Waals surface area (Å²) in [6.45, 7) is 9.16. The van der Waals surface area contributed by atoms with Crippen LogP contribution in [0.1, 0.15) is 64.0 Å². The highest BCUT2D eigenvalue weighted by Gasteiger charge is 2.28. The van der Waals surface area contributed by atoms with Gasteiger partial charge in [-0.15, -0.1) is 0 Å². The summed E-state index contributed by atoms with van der Waals surface area (Å²) in [5.41, 5.74) is 8.75. The molecule has 0 atom stereocenters. The number of benzene rings is 3. The maximum atomic E-state index is 14.5. The molecule has 0 amide bonds. The summed E-state index contributed by atoms with van der Waals surface area (Å²) in [5, 5.41) is 23.7. The van der Waals surface area contributed by atoms with E-state index in [9.17, 15) is 14.3 Å². The molecule has 8 bridgehead atoms. The molecule has 0 radical (unpaired) electrons. The zero-order valence-corrected chi connectivity index (χ0v) is 31.4. The molecule has 6 aromatic rings. The Labute approximate surface area is 308 Å². The second-order valence-corrected chi connectivity index (χ2v) is 14.6. The number of carboxylic acid groups (broad SMARTS) is 1. The third-order valence-electron chi connectivity index (χ3n) is 10.4. The summed E-state index contributed by atoms with van der Waals surface area (Å²) in [5.74, 6) is -0.570. The minimum absolute atomic E-state index is 0.271. The van der Waals surface area contributed by atoms with Crippen LogP contribution in [0.25, 0.3) is 32.9 Å². The average molecular weight is 725 g/mol. The molecule has 4 heterocycles. The Kier molecular flexibility index (Phi) is 10.1. The van der Waals surface area contributed by atoms with Crippen LogP contribution in [0.15, 0.2) is 48.5 Å². The van der Waals surface area contributed by atoms with Gasteiger partial charge in [-0.3, -0.25) is 9.36 Å². The fourth-order valence-electron chi connectivity index (χ4n) is 7.75. The van der Waals surface area contributed by atoms with Crippen molar-refractivity contribution in [2.75, 3.05) is 27.2 Å². The van der Waals surface area contributed by atoms with E-state index in [2.05, 4.69) is 48.8 Å². The highest BCUT2D eigenvalue weighted by molar-refractivity contribution is 6.35. The molecular formula is C41H46ClFN6O3. The number of nitrogens with zero attached hydrogens (tertiary/aromatic N) is 6. The van der Waals surface area contributed by atoms with Gasteiger partial charge < -0.3 is 19.3 Å². The van der Waals surface area contributed by atoms with E-state index in [4.69, 9.17) is 26.5 Å². The van der Waals surface area contributed by atoms with E-state index < -0.39 is 5.97 Å². The van der Waals surface area contributed by atoms with Gasteiger partial charge in [0.25, 0.3) is 0 Å². The van der Waals surface area contributed by atoms with Crippen LogP contribution >= 0.6 is 11.6 Å². The van der Waals surface area contributed by atoms with Gasteiger partial charge in [-0.25, -0.2) is 9.18 Å². The molecule has 0 aliphatic carbocycles. The summed E-state index contributed by atoms with van der Waals surface area (Å²) in [6, 6.07) is 15.0. The molecule has 1 aliphatic heterocycles. The van der Waals surface area contributed by atoms with Crippen LogP contribution < -0.4 is 4.74 Å². The Bertz CT molecular complexity index is 2300. The quantitative estimate of drug-likeness (QED) is 0.193. The second kappa shape index (κ2) is 14.8. The molecule has 0 spiro atoms. The van der Waals surface area contributed by atoms with E-state index in [1.54, 1.807) is 12.1 Å². The van der Waals surface area contributed by atoms with Gasteiger partial charge >= 0.3 is 5.97 Å². The molecule has 1 aliphatic rings. The van der Waals surface area contributed by atoms with Crippen LogP contribution in [0.4, 0.5) is 4.39 Å². The van der Waals surface area contributed by atoms with Crippen molar-refractivity contribution in [3.8, 4) is 17.0 Å². The fourth-order valence-corrected chi connectivity index (χ4v) is 7.99. The third-order valence-corrected chi connectivity index (χ3v) is 10.7. The topological polar surface area (TPSA) is 90.3 Å². The number of halogens is 2. The largest absolute Gasteiger partial charge is 0.493 e. The monoisotopic (exact) mass is 724 g/mol. The molecular weight excluding hydrogens is 679 g/mol. The number of carboxylic acids is 1. The van der Waals surface area contributed by atoms with Crippen LogP contribution in [0.2, 0.25) is 5.02 Å². The summed E-state index contributed by atoms with van der Waals surface area (Å²) < 4.78 is 27.0. The number of hydrogen-bond acceptors (Lipinski definition) is 5. The Morgan fingerprint density at radius 2 is 1.81 bits per heavy atom. The molecule has 0 fully saturated rings. The summed E-state index contributed by atoms with van der Waals surface area (Å²) in [4.78, 5) is 15.1. The van der Waals surface area contributed by atoms with Gasteiger partial charge in [0.15, 0.2) is 0 Å². The van der Waals surface area contributed by atoms with Crippen molar-refractivity contribution in [3.05, 3.63) is 98.8 Å². The van der Waals surface area contributed by atoms with Crippen LogP contribution in [0.5, 0.6) is 5.75 Å². The lowest BCUT2D eigenvalue weighted by Gasteiger charge is -2.14. The molecule has 272 valence electrons. The number of aromatic nitrogens is 5. The first-order valence-corrected chi connectivity index (χ1v) is 18.6. The predicted octanol–water partition coefficient (Wildman–Crippen LogP) is 8.29. The molecule has 3 aromatic heterocycles. The highest BCUT2D eigenvalue weighted by Crippen LogP contribution is 2.42. The Hall–Kier alpha value is -4.67. The van der Waals surface area contributed by atoms with Crippen molar-refractivity contribution in [3.63, 3.8) is 0 Å². The van der Waals surface area contributed by atoms with E-state index in [1.807, 2.05) is 35.2 Å². The molecule has 3 aromatic carbocycles. The minimum Gasteiger partial charge on any atom is -0.493 e. The van der Waals surface area contributed by atoms with Gasteiger partial charge in [0.1, 0.15) is 17.3 Å². The Balaban J connectivity index is 1.36. The first-order valence-electron chi connectivity index (χ1n) is 18.2. The van der Waals surface area contributed by atoms with Gasteiger partial charge in [-0.2, -0.15) is 10.2 Å². The van der Waals surface area contributed by atoms with Crippen LogP contribution in [0.3, 0.4) is 0 Å². The van der Waals surface area contributed by atoms with Gasteiger partial charge in [-0.05, 0) is 132 Å². The number of likely N-dealkylation sites (N-methyl/N-ethyl adjacent to an activating group) is 1. The van der Waals surface area contributed by atoms with E-state index in [-0.39, 0.29) is 11.5 Å². The van der Waals surface area contributed by atoms with Crippen molar-refractivity contribution in [1.29, 1.82) is 0 Å². The average Bonchev–Trinajstić information content (AvgIpc) is 3.74. The SMILES string of the molecule is CCn1c(C(=O)O)c2c3ccc(Cl)c(c31)-c1c(C)c(C)nn1CCCc1cc(n(CCN(C)C)n1)CCc1cc(c3ccc(F)cc3c1)OCCC2. The smallest absolute Gasteiger partial charge is 0.352 e. The molecule has 9 nitrogen and oxygen atoms in total. The van der Waals surface area contributed by atoms with E-state index >= 15 is 0 Å². The number of aromatic carboxylic acids is 1. The first-order chi connectivity index (χ1) is 25.0.